The van der Waals surface area contributed by atoms with Crippen LogP contribution in [0.1, 0.15) is 34.5 Å². The van der Waals surface area contributed by atoms with Crippen LogP contribution in [0.2, 0.25) is 0 Å². The first kappa shape index (κ1) is 27.5. The fourth-order valence-electron chi connectivity index (χ4n) is 5.59. The van der Waals surface area contributed by atoms with E-state index in [0.717, 1.165) is 26.9 Å². The van der Waals surface area contributed by atoms with Crippen molar-refractivity contribution in [3.63, 3.8) is 0 Å². The number of nitriles is 1. The van der Waals surface area contributed by atoms with Gasteiger partial charge in [0.15, 0.2) is 4.80 Å². The van der Waals surface area contributed by atoms with E-state index in [-0.39, 0.29) is 11.5 Å². The van der Waals surface area contributed by atoms with Gasteiger partial charge >= 0.3 is 0 Å². The van der Waals surface area contributed by atoms with E-state index in [1.807, 2.05) is 97.2 Å². The zero-order valence-electron chi connectivity index (χ0n) is 23.6. The smallest absolute Gasteiger partial charge is 0.271 e. The molecule has 1 aliphatic heterocycles. The largest absolute Gasteiger partial charge is 0.342 e. The zero-order valence-corrected chi connectivity index (χ0v) is 25.2. The highest BCUT2D eigenvalue weighted by atomic mass is 32.1. The first-order chi connectivity index (χ1) is 21.5. The number of rotatable bonds is 6. The van der Waals surface area contributed by atoms with Crippen molar-refractivity contribution in [1.82, 2.24) is 9.13 Å². The van der Waals surface area contributed by atoms with Crippen LogP contribution in [0.4, 0.5) is 5.69 Å². The summed E-state index contributed by atoms with van der Waals surface area (Å²) in [7, 11) is 0. The number of benzene rings is 3. The Kier molecular flexibility index (Phi) is 7.14. The predicted molar refractivity (Wildman–Crippen MR) is 175 cm³/mol. The third-order valence-electron chi connectivity index (χ3n) is 7.65. The highest BCUT2D eigenvalue weighted by molar-refractivity contribution is 7.10. The van der Waals surface area contributed by atoms with Crippen LogP contribution in [0, 0.1) is 11.3 Å². The molecule has 4 heterocycles. The van der Waals surface area contributed by atoms with Gasteiger partial charge in [0.2, 0.25) is 0 Å². The molecule has 3 aromatic carbocycles. The summed E-state index contributed by atoms with van der Waals surface area (Å²) in [5.74, 6) is -0.281. The summed E-state index contributed by atoms with van der Waals surface area (Å²) < 4.78 is 4.36. The SMILES string of the molecule is CC1=C(C(=O)Nc2ccccc2)[C@@H](c2cccs2)n2c(s/c(=C\c3cn(Cc4ccc(C#N)cc4)c4ccccc34)c2=O)=N1. The van der Waals surface area contributed by atoms with Gasteiger partial charge in [0.05, 0.1) is 27.4 Å². The Bertz CT molecular complexity index is 2290. The highest BCUT2D eigenvalue weighted by Gasteiger charge is 2.33. The second-order valence-electron chi connectivity index (χ2n) is 10.5. The van der Waals surface area contributed by atoms with E-state index in [0.29, 0.717) is 38.4 Å². The molecule has 1 amide bonds. The number of carbonyl (C=O) groups is 1. The molecule has 214 valence electrons. The van der Waals surface area contributed by atoms with Crippen molar-refractivity contribution < 1.29 is 4.79 Å². The first-order valence-electron chi connectivity index (χ1n) is 14.0. The van der Waals surface area contributed by atoms with E-state index in [4.69, 9.17) is 10.3 Å². The second kappa shape index (κ2) is 11.4. The van der Waals surface area contributed by atoms with Gasteiger partial charge in [-0.15, -0.1) is 11.3 Å². The van der Waals surface area contributed by atoms with Crippen molar-refractivity contribution >= 4 is 51.2 Å². The monoisotopic (exact) mass is 611 g/mol. The Labute approximate surface area is 260 Å². The van der Waals surface area contributed by atoms with E-state index in [1.54, 1.807) is 4.57 Å². The Morgan fingerprint density at radius 3 is 2.55 bits per heavy atom. The molecule has 7 nitrogen and oxygen atoms in total. The third kappa shape index (κ3) is 5.00. The molecular weight excluding hydrogens is 587 g/mol. The maximum atomic E-state index is 14.2. The first-order valence-corrected chi connectivity index (χ1v) is 15.7. The summed E-state index contributed by atoms with van der Waals surface area (Å²) >= 11 is 2.84. The van der Waals surface area contributed by atoms with Crippen molar-refractivity contribution in [2.45, 2.75) is 19.5 Å². The molecule has 0 saturated carbocycles. The molecule has 3 aromatic heterocycles. The number of thiazole rings is 1. The van der Waals surface area contributed by atoms with Crippen LogP contribution in [0.3, 0.4) is 0 Å². The molecule has 0 saturated heterocycles. The Morgan fingerprint density at radius 1 is 1.02 bits per heavy atom. The molecule has 1 aliphatic rings. The number of amides is 1. The number of fused-ring (bicyclic) bond motifs is 2. The van der Waals surface area contributed by atoms with Gasteiger partial charge in [0.25, 0.3) is 11.5 Å². The molecule has 7 rings (SSSR count). The molecule has 1 N–H and O–H groups in total. The number of anilines is 1. The molecule has 6 aromatic rings. The minimum absolute atomic E-state index is 0.186. The van der Waals surface area contributed by atoms with Crippen molar-refractivity contribution in [3.05, 3.63) is 155 Å². The maximum absolute atomic E-state index is 14.2. The number of hydrogen-bond acceptors (Lipinski definition) is 6. The van der Waals surface area contributed by atoms with E-state index < -0.39 is 6.04 Å². The lowest BCUT2D eigenvalue weighted by Crippen LogP contribution is -2.40. The summed E-state index contributed by atoms with van der Waals surface area (Å²) in [6.45, 7) is 2.45. The summed E-state index contributed by atoms with van der Waals surface area (Å²) in [5.41, 5.74) is 5.19. The summed E-state index contributed by atoms with van der Waals surface area (Å²) in [6, 6.07) is 30.4. The number of allylic oxidation sites excluding steroid dienone is 1. The second-order valence-corrected chi connectivity index (χ2v) is 12.4. The van der Waals surface area contributed by atoms with Crippen molar-refractivity contribution in [2.75, 3.05) is 5.32 Å². The van der Waals surface area contributed by atoms with Crippen molar-refractivity contribution in [3.8, 4) is 6.07 Å². The van der Waals surface area contributed by atoms with Gasteiger partial charge in [0.1, 0.15) is 6.04 Å². The van der Waals surface area contributed by atoms with Gasteiger partial charge < -0.3 is 9.88 Å². The van der Waals surface area contributed by atoms with Crippen LogP contribution >= 0.6 is 22.7 Å². The van der Waals surface area contributed by atoms with Crippen LogP contribution in [0.15, 0.2) is 124 Å². The molecule has 0 radical (unpaired) electrons. The average molecular weight is 612 g/mol. The lowest BCUT2D eigenvalue weighted by atomic mass is 10.0. The quantitative estimate of drug-likeness (QED) is 0.258. The number of carbonyl (C=O) groups excluding carboxylic acids is 1. The highest BCUT2D eigenvalue weighted by Crippen LogP contribution is 2.33. The molecular formula is C35H25N5O2S2. The molecule has 0 unspecified atom stereocenters. The Hall–Kier alpha value is -5.30. The van der Waals surface area contributed by atoms with Crippen LogP contribution in [0.5, 0.6) is 0 Å². The van der Waals surface area contributed by atoms with Gasteiger partial charge in [0, 0.05) is 39.8 Å². The Balaban J connectivity index is 1.32. The molecule has 44 heavy (non-hydrogen) atoms. The molecule has 1 atom stereocenters. The summed E-state index contributed by atoms with van der Waals surface area (Å²) in [6.07, 6.45) is 3.98. The lowest BCUT2D eigenvalue weighted by Gasteiger charge is -2.24. The van der Waals surface area contributed by atoms with Crippen molar-refractivity contribution in [2.24, 2.45) is 4.99 Å². The normalized spacial score (nSPS) is 14.7. The Morgan fingerprint density at radius 2 is 1.80 bits per heavy atom. The van der Waals surface area contributed by atoms with Crippen LogP contribution in [-0.4, -0.2) is 15.0 Å². The molecule has 0 spiro atoms. The fourth-order valence-corrected chi connectivity index (χ4v) is 7.45. The van der Waals surface area contributed by atoms with E-state index in [9.17, 15) is 9.59 Å². The van der Waals surface area contributed by atoms with Crippen LogP contribution in [-0.2, 0) is 11.3 Å². The van der Waals surface area contributed by atoms with E-state index in [2.05, 4.69) is 34.3 Å². The number of aromatic nitrogens is 2. The number of thiophene rings is 1. The van der Waals surface area contributed by atoms with Gasteiger partial charge in [-0.25, -0.2) is 4.99 Å². The lowest BCUT2D eigenvalue weighted by molar-refractivity contribution is -0.113. The van der Waals surface area contributed by atoms with Gasteiger partial charge in [-0.05, 0) is 60.3 Å². The average Bonchev–Trinajstić information content (AvgIpc) is 3.77. The van der Waals surface area contributed by atoms with Crippen molar-refractivity contribution in [1.29, 1.82) is 5.26 Å². The van der Waals surface area contributed by atoms with Gasteiger partial charge in [-0.3, -0.25) is 14.2 Å². The number of nitrogens with zero attached hydrogens (tertiary/aromatic N) is 4. The van der Waals surface area contributed by atoms with E-state index >= 15 is 0 Å². The minimum Gasteiger partial charge on any atom is -0.342 e. The molecule has 0 bridgehead atoms. The number of para-hydroxylation sites is 2. The molecule has 0 fully saturated rings. The summed E-state index contributed by atoms with van der Waals surface area (Å²) in [5, 5.41) is 15.1. The molecule has 9 heteroatoms. The topological polar surface area (TPSA) is 92.2 Å². The van der Waals surface area contributed by atoms with Crippen LogP contribution < -0.4 is 20.2 Å². The molecule has 0 aliphatic carbocycles. The fraction of sp³-hybridized carbons (Fsp3) is 0.0857. The standard InChI is InChI=1S/C35H25N5O2S2/c1-22-31(33(41)38-26-8-3-2-4-9-26)32(29-12-7-17-43-29)40-34(42)30(44-35(40)37-22)18-25-21-39(28-11-6-5-10-27(25)28)20-24-15-13-23(19-36)14-16-24/h2-18,21,32H,20H2,1H3,(H,38,41)/b30-18-/t32-/m1/s1. The number of nitrogens with one attached hydrogen (secondary N) is 1. The van der Waals surface area contributed by atoms with Gasteiger partial charge in [-0.2, -0.15) is 5.26 Å². The summed E-state index contributed by atoms with van der Waals surface area (Å²) in [4.78, 5) is 34.0. The number of hydrogen-bond donors (Lipinski definition) is 1. The minimum atomic E-state index is -0.588. The zero-order chi connectivity index (χ0) is 30.2. The van der Waals surface area contributed by atoms with Crippen LogP contribution in [0.25, 0.3) is 17.0 Å². The van der Waals surface area contributed by atoms with Gasteiger partial charge in [-0.1, -0.05) is 65.9 Å². The third-order valence-corrected chi connectivity index (χ3v) is 9.56. The predicted octanol–water partition coefficient (Wildman–Crippen LogP) is 5.81. The maximum Gasteiger partial charge on any atom is 0.271 e. The van der Waals surface area contributed by atoms with E-state index in [1.165, 1.54) is 22.7 Å².